The van der Waals surface area contributed by atoms with E-state index in [1.165, 1.54) is 11.3 Å². The number of anilines is 1. The van der Waals surface area contributed by atoms with E-state index in [0.717, 1.165) is 25.4 Å². The van der Waals surface area contributed by atoms with Crippen LogP contribution < -0.4 is 15.0 Å². The quantitative estimate of drug-likeness (QED) is 0.849. The van der Waals surface area contributed by atoms with Gasteiger partial charge in [0.15, 0.2) is 0 Å². The fraction of sp³-hybridized carbons (Fsp3) is 0.571. The first-order chi connectivity index (χ1) is 8.02. The van der Waals surface area contributed by atoms with E-state index in [4.69, 9.17) is 4.74 Å². The molecule has 1 aliphatic heterocycles. The number of ether oxygens (including phenoxy) is 1. The zero-order chi connectivity index (χ0) is 12.5. The van der Waals surface area contributed by atoms with Gasteiger partial charge in [0.2, 0.25) is 0 Å². The molecular formula is C14H22N2O. The number of benzene rings is 1. The molecule has 0 saturated carbocycles. The lowest BCUT2D eigenvalue weighted by atomic mass is 10.0. The lowest BCUT2D eigenvalue weighted by Gasteiger charge is -2.40. The molecule has 0 spiro atoms. The van der Waals surface area contributed by atoms with Crippen LogP contribution >= 0.6 is 0 Å². The lowest BCUT2D eigenvalue weighted by molar-refractivity contribution is 0.352. The van der Waals surface area contributed by atoms with Crippen LogP contribution in [0.3, 0.4) is 0 Å². The zero-order valence-corrected chi connectivity index (χ0v) is 11.2. The molecule has 1 saturated heterocycles. The Morgan fingerprint density at radius 1 is 1.35 bits per heavy atom. The van der Waals surface area contributed by atoms with Gasteiger partial charge < -0.3 is 15.0 Å². The highest BCUT2D eigenvalue weighted by Gasteiger charge is 2.25. The fourth-order valence-corrected chi connectivity index (χ4v) is 2.37. The van der Waals surface area contributed by atoms with Gasteiger partial charge in [0.05, 0.1) is 7.11 Å². The van der Waals surface area contributed by atoms with Crippen molar-refractivity contribution >= 4 is 5.69 Å². The summed E-state index contributed by atoms with van der Waals surface area (Å²) in [6.45, 7) is 9.66. The van der Waals surface area contributed by atoms with E-state index in [-0.39, 0.29) is 5.54 Å². The molecule has 1 aliphatic rings. The molecule has 0 aromatic heterocycles. The van der Waals surface area contributed by atoms with Gasteiger partial charge in [0.1, 0.15) is 5.75 Å². The summed E-state index contributed by atoms with van der Waals surface area (Å²) < 4.78 is 5.39. The molecule has 0 bridgehead atoms. The van der Waals surface area contributed by atoms with Gasteiger partial charge in [-0.1, -0.05) is 6.07 Å². The van der Waals surface area contributed by atoms with Gasteiger partial charge in [0.25, 0.3) is 0 Å². The van der Waals surface area contributed by atoms with Gasteiger partial charge in [-0.05, 0) is 32.4 Å². The van der Waals surface area contributed by atoms with Gasteiger partial charge in [-0.15, -0.1) is 0 Å². The van der Waals surface area contributed by atoms with Crippen LogP contribution in [0.1, 0.15) is 19.4 Å². The molecule has 1 N–H and O–H groups in total. The Kier molecular flexibility index (Phi) is 3.29. The molecule has 0 atom stereocenters. The van der Waals surface area contributed by atoms with Gasteiger partial charge in [0, 0.05) is 36.9 Å². The van der Waals surface area contributed by atoms with Crippen LogP contribution in [0.2, 0.25) is 0 Å². The van der Waals surface area contributed by atoms with Gasteiger partial charge >= 0.3 is 0 Å². The van der Waals surface area contributed by atoms with Crippen LogP contribution in [-0.4, -0.2) is 32.3 Å². The third-order valence-corrected chi connectivity index (χ3v) is 3.33. The molecule has 17 heavy (non-hydrogen) atoms. The van der Waals surface area contributed by atoms with Crippen molar-refractivity contribution in [2.45, 2.75) is 26.3 Å². The largest absolute Gasteiger partial charge is 0.496 e. The van der Waals surface area contributed by atoms with Crippen molar-refractivity contribution in [3.05, 3.63) is 23.8 Å². The molecule has 2 rings (SSSR count). The van der Waals surface area contributed by atoms with E-state index in [9.17, 15) is 0 Å². The van der Waals surface area contributed by atoms with Crippen molar-refractivity contribution in [1.82, 2.24) is 5.32 Å². The number of nitrogens with zero attached hydrogens (tertiary/aromatic N) is 1. The molecule has 0 amide bonds. The minimum Gasteiger partial charge on any atom is -0.496 e. The van der Waals surface area contributed by atoms with Crippen LogP contribution in [0.15, 0.2) is 18.2 Å². The van der Waals surface area contributed by atoms with Crippen molar-refractivity contribution in [3.8, 4) is 5.75 Å². The summed E-state index contributed by atoms with van der Waals surface area (Å²) in [5.74, 6) is 0.971. The minimum atomic E-state index is 0.177. The first-order valence-electron chi connectivity index (χ1n) is 6.16. The van der Waals surface area contributed by atoms with E-state index in [1.807, 2.05) is 0 Å². The first-order valence-corrected chi connectivity index (χ1v) is 6.16. The van der Waals surface area contributed by atoms with Crippen LogP contribution in [0.4, 0.5) is 5.69 Å². The second kappa shape index (κ2) is 4.57. The van der Waals surface area contributed by atoms with Crippen molar-refractivity contribution in [2.24, 2.45) is 0 Å². The van der Waals surface area contributed by atoms with Crippen molar-refractivity contribution in [3.63, 3.8) is 0 Å². The molecule has 1 aromatic carbocycles. The second-order valence-corrected chi connectivity index (χ2v) is 5.39. The second-order valence-electron chi connectivity index (χ2n) is 5.39. The summed E-state index contributed by atoms with van der Waals surface area (Å²) in [4.78, 5) is 2.42. The van der Waals surface area contributed by atoms with Crippen LogP contribution in [0.5, 0.6) is 5.75 Å². The first kappa shape index (κ1) is 12.2. The Hall–Kier alpha value is -1.22. The molecule has 3 nitrogen and oxygen atoms in total. The van der Waals surface area contributed by atoms with Crippen molar-refractivity contribution in [2.75, 3.05) is 31.6 Å². The average Bonchev–Trinajstić information content (AvgIpc) is 2.28. The summed E-state index contributed by atoms with van der Waals surface area (Å²) in [6.07, 6.45) is 0. The molecule has 0 unspecified atom stereocenters. The number of nitrogens with one attached hydrogen (secondary N) is 1. The van der Waals surface area contributed by atoms with Crippen molar-refractivity contribution < 1.29 is 4.74 Å². The van der Waals surface area contributed by atoms with Gasteiger partial charge in [-0.2, -0.15) is 0 Å². The summed E-state index contributed by atoms with van der Waals surface area (Å²) in [5, 5.41) is 3.53. The molecule has 3 heteroatoms. The lowest BCUT2D eigenvalue weighted by Crippen LogP contribution is -2.57. The normalized spacial score (nSPS) is 19.2. The molecule has 0 aliphatic carbocycles. The minimum absolute atomic E-state index is 0.177. The number of methoxy groups -OCH3 is 1. The molecule has 1 heterocycles. The van der Waals surface area contributed by atoms with E-state index < -0.39 is 0 Å². The van der Waals surface area contributed by atoms with E-state index in [0.29, 0.717) is 0 Å². The predicted molar refractivity (Wildman–Crippen MR) is 72.0 cm³/mol. The number of aryl methyl sites for hydroxylation is 1. The third-order valence-electron chi connectivity index (χ3n) is 3.33. The monoisotopic (exact) mass is 234 g/mol. The average molecular weight is 234 g/mol. The van der Waals surface area contributed by atoms with Crippen LogP contribution in [0, 0.1) is 6.92 Å². The molecular weight excluding hydrogens is 212 g/mol. The number of hydrogen-bond acceptors (Lipinski definition) is 3. The van der Waals surface area contributed by atoms with E-state index >= 15 is 0 Å². The Morgan fingerprint density at radius 2 is 2.12 bits per heavy atom. The highest BCUT2D eigenvalue weighted by atomic mass is 16.5. The standard InChI is InChI=1S/C14H22N2O/c1-11-5-6-12(9-13(11)17-4)16-8-7-15-14(2,3)10-16/h5-6,9,15H,7-8,10H2,1-4H3. The predicted octanol–water partition coefficient (Wildman–Crippen LogP) is 2.19. The smallest absolute Gasteiger partial charge is 0.123 e. The van der Waals surface area contributed by atoms with Crippen LogP contribution in [-0.2, 0) is 0 Å². The maximum absolute atomic E-state index is 5.39. The summed E-state index contributed by atoms with van der Waals surface area (Å²) >= 11 is 0. The van der Waals surface area contributed by atoms with Crippen molar-refractivity contribution in [1.29, 1.82) is 0 Å². The summed E-state index contributed by atoms with van der Waals surface area (Å²) in [7, 11) is 1.73. The molecule has 1 aromatic rings. The van der Waals surface area contributed by atoms with E-state index in [1.54, 1.807) is 7.11 Å². The molecule has 0 radical (unpaired) electrons. The Balaban J connectivity index is 2.22. The fourth-order valence-electron chi connectivity index (χ4n) is 2.37. The number of rotatable bonds is 2. The molecule has 94 valence electrons. The Morgan fingerprint density at radius 3 is 2.76 bits per heavy atom. The summed E-state index contributed by atoms with van der Waals surface area (Å²) in [5.41, 5.74) is 2.61. The SMILES string of the molecule is COc1cc(N2CCNC(C)(C)C2)ccc1C. The highest BCUT2D eigenvalue weighted by molar-refractivity contribution is 5.54. The maximum atomic E-state index is 5.39. The summed E-state index contributed by atoms with van der Waals surface area (Å²) in [6, 6.07) is 6.44. The molecule has 1 fully saturated rings. The Bertz CT molecular complexity index is 401. The van der Waals surface area contributed by atoms with Gasteiger partial charge in [-0.3, -0.25) is 0 Å². The topological polar surface area (TPSA) is 24.5 Å². The Labute approximate surface area is 104 Å². The van der Waals surface area contributed by atoms with Crippen LogP contribution in [0.25, 0.3) is 0 Å². The maximum Gasteiger partial charge on any atom is 0.123 e. The number of hydrogen-bond donors (Lipinski definition) is 1. The van der Waals surface area contributed by atoms with Gasteiger partial charge in [-0.25, -0.2) is 0 Å². The highest BCUT2D eigenvalue weighted by Crippen LogP contribution is 2.26. The number of piperazine rings is 1. The van der Waals surface area contributed by atoms with E-state index in [2.05, 4.69) is 49.2 Å². The zero-order valence-electron chi connectivity index (χ0n) is 11.2. The third kappa shape index (κ3) is 2.72.